The molecule has 1 aromatic heterocycles. The van der Waals surface area contributed by atoms with Crippen LogP contribution >= 0.6 is 23.2 Å². The van der Waals surface area contributed by atoms with Crippen LogP contribution in [0, 0.1) is 0 Å². The Hall–Kier alpha value is -2.07. The molecule has 2 aromatic rings. The van der Waals surface area contributed by atoms with Crippen molar-refractivity contribution in [3.63, 3.8) is 0 Å². The molecule has 2 atom stereocenters. The molecule has 11 heteroatoms. The van der Waals surface area contributed by atoms with Gasteiger partial charge in [-0.25, -0.2) is 0 Å². The fraction of sp³-hybridized carbons (Fsp3) is 0.550. The van der Waals surface area contributed by atoms with E-state index >= 15 is 0 Å². The number of carbonyl (C=O) groups excluding carboxylic acids is 1. The van der Waals surface area contributed by atoms with Crippen LogP contribution in [0.2, 0.25) is 10.0 Å². The van der Waals surface area contributed by atoms with Crippen LogP contribution in [-0.4, -0.2) is 54.6 Å². The third-order valence-electron chi connectivity index (χ3n) is 4.95. The molecule has 2 fully saturated rings. The zero-order valence-corrected chi connectivity index (χ0v) is 18.3. The summed E-state index contributed by atoms with van der Waals surface area (Å²) in [4.78, 5) is 12.2. The Balaban J connectivity index is 1.14. The second kappa shape index (κ2) is 10.5. The molecule has 9 nitrogen and oxygen atoms in total. The molecule has 0 unspecified atom stereocenters. The van der Waals surface area contributed by atoms with Gasteiger partial charge in [-0.1, -0.05) is 28.3 Å². The van der Waals surface area contributed by atoms with Gasteiger partial charge in [0.05, 0.1) is 28.8 Å². The maximum atomic E-state index is 12.2. The summed E-state index contributed by atoms with van der Waals surface area (Å²) in [5.41, 5.74) is 0. The fourth-order valence-electron chi connectivity index (χ4n) is 3.17. The molecule has 2 aliphatic rings. The van der Waals surface area contributed by atoms with E-state index in [1.807, 2.05) is 0 Å². The largest absolute Gasteiger partial charge is 0.484 e. The van der Waals surface area contributed by atoms with E-state index in [-0.39, 0.29) is 30.7 Å². The number of halogens is 2. The highest BCUT2D eigenvalue weighted by atomic mass is 35.5. The number of aromatic nitrogens is 2. The van der Waals surface area contributed by atoms with E-state index < -0.39 is 0 Å². The number of amides is 1. The van der Waals surface area contributed by atoms with Crippen molar-refractivity contribution in [2.75, 3.05) is 26.4 Å². The summed E-state index contributed by atoms with van der Waals surface area (Å²) in [6.45, 7) is 1.37. The van der Waals surface area contributed by atoms with E-state index in [2.05, 4.69) is 20.8 Å². The lowest BCUT2D eigenvalue weighted by molar-refractivity contribution is -0.124. The lowest BCUT2D eigenvalue weighted by Crippen LogP contribution is -2.48. The molecule has 31 heavy (non-hydrogen) atoms. The molecule has 1 saturated carbocycles. The van der Waals surface area contributed by atoms with E-state index in [0.29, 0.717) is 47.5 Å². The van der Waals surface area contributed by atoms with Crippen molar-refractivity contribution in [2.24, 2.45) is 0 Å². The van der Waals surface area contributed by atoms with Gasteiger partial charge in [0.1, 0.15) is 12.4 Å². The Morgan fingerprint density at radius 3 is 2.74 bits per heavy atom. The topological polar surface area (TPSA) is 108 Å². The number of nitrogens with zero attached hydrogens (tertiary/aromatic N) is 2. The van der Waals surface area contributed by atoms with Crippen molar-refractivity contribution in [1.82, 2.24) is 20.8 Å². The summed E-state index contributed by atoms with van der Waals surface area (Å²) in [5.74, 6) is 0.754. The van der Waals surface area contributed by atoms with Gasteiger partial charge in [0.2, 0.25) is 5.89 Å². The van der Waals surface area contributed by atoms with E-state index in [9.17, 15) is 4.79 Å². The number of benzene rings is 1. The summed E-state index contributed by atoms with van der Waals surface area (Å²) >= 11 is 11.8. The van der Waals surface area contributed by atoms with Gasteiger partial charge in [0.25, 0.3) is 5.91 Å². The van der Waals surface area contributed by atoms with E-state index in [0.717, 1.165) is 25.7 Å². The van der Waals surface area contributed by atoms with Crippen LogP contribution in [0.4, 0.5) is 0 Å². The minimum Gasteiger partial charge on any atom is -0.484 e. The monoisotopic (exact) mass is 470 g/mol. The number of piperidine rings is 1. The highest BCUT2D eigenvalue weighted by Crippen LogP contribution is 2.27. The van der Waals surface area contributed by atoms with Crippen LogP contribution in [0.5, 0.6) is 11.8 Å². The van der Waals surface area contributed by atoms with E-state index in [4.69, 9.17) is 41.8 Å². The van der Waals surface area contributed by atoms with Crippen LogP contribution in [0.3, 0.4) is 0 Å². The normalized spacial score (nSPS) is 21.0. The molecule has 1 aliphatic carbocycles. The van der Waals surface area contributed by atoms with Crippen molar-refractivity contribution in [3.8, 4) is 11.8 Å². The van der Waals surface area contributed by atoms with Gasteiger partial charge in [-0.2, -0.15) is 0 Å². The Morgan fingerprint density at radius 2 is 2.00 bits per heavy atom. The van der Waals surface area contributed by atoms with Gasteiger partial charge in [0.15, 0.2) is 6.61 Å². The second-order valence-electron chi connectivity index (χ2n) is 7.49. The zero-order chi connectivity index (χ0) is 21.6. The Labute approximate surface area is 189 Å². The molecule has 4 rings (SSSR count). The van der Waals surface area contributed by atoms with Gasteiger partial charge in [0, 0.05) is 18.7 Å². The highest BCUT2D eigenvalue weighted by Gasteiger charge is 2.27. The minimum atomic E-state index is -0.210. The molecule has 0 radical (unpaired) electrons. The average molecular weight is 471 g/mol. The number of hydrogen-bond donors (Lipinski definition) is 2. The molecule has 0 spiro atoms. The summed E-state index contributed by atoms with van der Waals surface area (Å²) in [6.07, 6.45) is 4.30. The minimum absolute atomic E-state index is 0.0145. The van der Waals surface area contributed by atoms with Crippen molar-refractivity contribution < 1.29 is 23.4 Å². The molecule has 2 N–H and O–H groups in total. The molecular weight excluding hydrogens is 447 g/mol. The van der Waals surface area contributed by atoms with Crippen molar-refractivity contribution in [3.05, 3.63) is 34.1 Å². The first-order valence-corrected chi connectivity index (χ1v) is 11.0. The Morgan fingerprint density at radius 1 is 1.13 bits per heavy atom. The molecule has 1 amide bonds. The number of hydrogen-bond acceptors (Lipinski definition) is 8. The van der Waals surface area contributed by atoms with Crippen LogP contribution in [-0.2, 0) is 9.53 Å². The number of nitrogens with one attached hydrogen (secondary N) is 2. The molecule has 168 valence electrons. The van der Waals surface area contributed by atoms with Gasteiger partial charge >= 0.3 is 6.08 Å². The molecule has 1 aliphatic heterocycles. The predicted molar refractivity (Wildman–Crippen MR) is 113 cm³/mol. The summed E-state index contributed by atoms with van der Waals surface area (Å²) < 4.78 is 22.0. The number of ether oxygens (including phenoxy) is 3. The molecule has 2 heterocycles. The van der Waals surface area contributed by atoms with Crippen molar-refractivity contribution in [1.29, 1.82) is 0 Å². The van der Waals surface area contributed by atoms with Gasteiger partial charge < -0.3 is 29.3 Å². The first-order chi connectivity index (χ1) is 15.1. The van der Waals surface area contributed by atoms with E-state index in [1.54, 1.807) is 18.2 Å². The lowest BCUT2D eigenvalue weighted by atomic mass is 10.0. The molecular formula is C20H24Cl2N4O5. The van der Waals surface area contributed by atoms with Crippen LogP contribution in [0.1, 0.15) is 37.6 Å². The summed E-state index contributed by atoms with van der Waals surface area (Å²) in [6, 6.07) is 4.77. The summed E-state index contributed by atoms with van der Waals surface area (Å²) in [7, 11) is 0. The molecule has 1 aromatic carbocycles. The smallest absolute Gasteiger partial charge is 0.414 e. The third kappa shape index (κ3) is 6.70. The number of rotatable bonds is 10. The van der Waals surface area contributed by atoms with Crippen LogP contribution in [0.15, 0.2) is 22.6 Å². The third-order valence-corrected chi connectivity index (χ3v) is 5.69. The SMILES string of the molecule is O=C(COc1ccc(Cl)c(Cl)c1)N[C@H]1CC[C@H](c2nnc(OCCOC3CC3)o2)NC1. The van der Waals surface area contributed by atoms with Gasteiger partial charge in [-0.15, -0.1) is 5.10 Å². The van der Waals surface area contributed by atoms with Crippen molar-refractivity contribution >= 4 is 29.1 Å². The van der Waals surface area contributed by atoms with E-state index in [1.165, 1.54) is 0 Å². The van der Waals surface area contributed by atoms with Gasteiger partial charge in [-0.05, 0) is 37.8 Å². The maximum absolute atomic E-state index is 12.2. The second-order valence-corrected chi connectivity index (χ2v) is 8.31. The van der Waals surface area contributed by atoms with Crippen LogP contribution < -0.4 is 20.1 Å². The van der Waals surface area contributed by atoms with Crippen LogP contribution in [0.25, 0.3) is 0 Å². The number of carbonyl (C=O) groups is 1. The highest BCUT2D eigenvalue weighted by molar-refractivity contribution is 6.42. The summed E-state index contributed by atoms with van der Waals surface area (Å²) in [5, 5.41) is 15.1. The lowest BCUT2D eigenvalue weighted by Gasteiger charge is -2.28. The fourth-order valence-corrected chi connectivity index (χ4v) is 3.46. The molecule has 0 bridgehead atoms. The first-order valence-electron chi connectivity index (χ1n) is 10.2. The first kappa shape index (κ1) is 22.1. The van der Waals surface area contributed by atoms with Gasteiger partial charge in [-0.3, -0.25) is 4.79 Å². The predicted octanol–water partition coefficient (Wildman–Crippen LogP) is 2.92. The van der Waals surface area contributed by atoms with Crippen molar-refractivity contribution in [2.45, 2.75) is 43.9 Å². The quantitative estimate of drug-likeness (QED) is 0.510. The maximum Gasteiger partial charge on any atom is 0.414 e. The Bertz CT molecular complexity index is 884. The molecule has 1 saturated heterocycles. The standard InChI is InChI=1S/C20H24Cl2N4O5/c21-15-5-4-14(9-16(15)22)30-11-18(27)24-12-1-6-17(23-10-12)19-25-26-20(31-19)29-8-7-28-13-2-3-13/h4-5,9,12-13,17,23H,1-3,6-8,10-11H2,(H,24,27)/t12-,17+/m0/s1. The Kier molecular flexibility index (Phi) is 7.49. The average Bonchev–Trinajstić information content (AvgIpc) is 3.48. The zero-order valence-electron chi connectivity index (χ0n) is 16.8.